The second kappa shape index (κ2) is 26.7. The van der Waals surface area contributed by atoms with E-state index in [0.717, 1.165) is 11.4 Å². The molecule has 6 amide bonds. The number of hydrogen-bond acceptors (Lipinski definition) is 16. The molecule has 424 valence electrons. The number of aliphatic imine (C=N–C) groups is 2. The maximum Gasteiger partial charge on any atom is 0.321 e. The van der Waals surface area contributed by atoms with Gasteiger partial charge in [0.25, 0.3) is 11.8 Å². The van der Waals surface area contributed by atoms with Gasteiger partial charge in [0.05, 0.1) is 58.1 Å². The number of ketones is 2. The smallest absolute Gasteiger partial charge is 0.321 e. The molecule has 6 N–H and O–H groups in total. The molecule has 22 nitrogen and oxygen atoms in total. The van der Waals surface area contributed by atoms with Crippen molar-refractivity contribution in [3.8, 4) is 0 Å². The fourth-order valence-corrected chi connectivity index (χ4v) is 8.31. The first-order valence-electron chi connectivity index (χ1n) is 26.0. The molecule has 0 saturated heterocycles. The van der Waals surface area contributed by atoms with Crippen LogP contribution in [0.1, 0.15) is 64.1 Å². The van der Waals surface area contributed by atoms with Crippen LogP contribution in [0.15, 0.2) is 156 Å². The van der Waals surface area contributed by atoms with E-state index in [2.05, 4.69) is 51.9 Å². The van der Waals surface area contributed by atoms with E-state index in [-0.39, 0.29) is 37.9 Å². The van der Waals surface area contributed by atoms with E-state index in [4.69, 9.17) is 9.47 Å². The van der Waals surface area contributed by atoms with Crippen LogP contribution in [0.5, 0.6) is 0 Å². The van der Waals surface area contributed by atoms with Crippen molar-refractivity contribution < 1.29 is 47.8 Å². The van der Waals surface area contributed by atoms with E-state index in [1.54, 1.807) is 176 Å². The summed E-state index contributed by atoms with van der Waals surface area (Å²) in [5.41, 5.74) is 4.20. The quantitative estimate of drug-likeness (QED) is 0.0463. The molecule has 0 radical (unpaired) electrons. The first-order chi connectivity index (χ1) is 39.2. The summed E-state index contributed by atoms with van der Waals surface area (Å²) in [6.07, 6.45) is 0.457. The lowest BCUT2D eigenvalue weighted by molar-refractivity contribution is -0.148. The lowest BCUT2D eigenvalue weighted by atomic mass is 9.88. The molecule has 4 heterocycles. The Kier molecular flexibility index (Phi) is 19.4. The van der Waals surface area contributed by atoms with Gasteiger partial charge in [-0.25, -0.2) is 19.6 Å². The molecule has 0 unspecified atom stereocenters. The van der Waals surface area contributed by atoms with Crippen molar-refractivity contribution in [3.63, 3.8) is 0 Å². The minimum atomic E-state index is -1.38. The third-order valence-electron chi connectivity index (χ3n) is 13.0. The largest absolute Gasteiger partial charge is 0.465 e. The number of benzene rings is 4. The van der Waals surface area contributed by atoms with Crippen LogP contribution in [0.2, 0.25) is 0 Å². The number of amides is 6. The Morgan fingerprint density at radius 2 is 0.866 bits per heavy atom. The standard InChI is InChI=1S/2C30H32N6O5/c2*1-19(37)41-18-30(2,3)25(38)17-36-24-14-6-5-12-22(24)26(23-13-7-8-15-32-23)34-27(28(36)39)35-29(40)33-21-11-9-10-20(16-21)31-4/h2*5-16,27,31H,17-18H2,1-4H3,(H2,33,35,40)/t2*27-/m10/s1. The zero-order chi connectivity index (χ0) is 59.1. The monoisotopic (exact) mass is 1110 g/mol. The van der Waals surface area contributed by atoms with Crippen molar-refractivity contribution >= 4 is 92.9 Å². The summed E-state index contributed by atoms with van der Waals surface area (Å²) in [7, 11) is 3.52. The summed E-state index contributed by atoms with van der Waals surface area (Å²) in [4.78, 5) is 125. The summed E-state index contributed by atoms with van der Waals surface area (Å²) >= 11 is 0. The average Bonchev–Trinajstić information content (AvgIpc) is 3.93. The Labute approximate surface area is 474 Å². The highest BCUT2D eigenvalue weighted by Gasteiger charge is 2.40. The molecule has 2 aliphatic heterocycles. The van der Waals surface area contributed by atoms with Crippen molar-refractivity contribution in [2.75, 3.05) is 71.5 Å². The predicted molar refractivity (Wildman–Crippen MR) is 312 cm³/mol. The lowest BCUT2D eigenvalue weighted by Crippen LogP contribution is -2.51. The topological polar surface area (TPSA) is 284 Å². The number of benzodiazepines with no additional fused rings is 2. The van der Waals surface area contributed by atoms with Gasteiger partial charge in [-0.1, -0.05) is 60.7 Å². The molecular weight excluding hydrogens is 1050 g/mol. The third kappa shape index (κ3) is 15.2. The normalized spacial score (nSPS) is 14.7. The number of ether oxygens (including phenoxy) is 2. The summed E-state index contributed by atoms with van der Waals surface area (Å²) in [5, 5.41) is 16.8. The van der Waals surface area contributed by atoms with E-state index >= 15 is 0 Å². The van der Waals surface area contributed by atoms with Crippen LogP contribution in [0.4, 0.5) is 43.7 Å². The van der Waals surface area contributed by atoms with Gasteiger partial charge in [0.2, 0.25) is 12.3 Å². The number of anilines is 6. The number of Topliss-reactive ketones (excluding diaryl/α,β-unsaturated/α-hetero) is 2. The fourth-order valence-electron chi connectivity index (χ4n) is 8.31. The number of urea groups is 2. The van der Waals surface area contributed by atoms with Crippen LogP contribution < -0.4 is 41.7 Å². The maximum absolute atomic E-state index is 14.0. The first kappa shape index (κ1) is 59.5. The minimum Gasteiger partial charge on any atom is -0.465 e. The van der Waals surface area contributed by atoms with Crippen LogP contribution in [0.3, 0.4) is 0 Å². The number of nitrogens with zero attached hydrogens (tertiary/aromatic N) is 6. The van der Waals surface area contributed by atoms with Crippen LogP contribution in [0.25, 0.3) is 0 Å². The van der Waals surface area contributed by atoms with Gasteiger partial charge >= 0.3 is 24.0 Å². The second-order valence-electron chi connectivity index (χ2n) is 20.1. The van der Waals surface area contributed by atoms with Gasteiger partial charge in [-0.05, 0) is 100 Å². The lowest BCUT2D eigenvalue weighted by Gasteiger charge is -2.29. The summed E-state index contributed by atoms with van der Waals surface area (Å²) in [6.45, 7) is 8.15. The Morgan fingerprint density at radius 1 is 0.500 bits per heavy atom. The van der Waals surface area contributed by atoms with Crippen molar-refractivity contribution in [1.29, 1.82) is 0 Å². The molecular formula is C60H64N12O10. The van der Waals surface area contributed by atoms with Crippen molar-refractivity contribution in [3.05, 3.63) is 168 Å². The van der Waals surface area contributed by atoms with Crippen LogP contribution in [-0.2, 0) is 38.2 Å². The van der Waals surface area contributed by atoms with E-state index in [0.29, 0.717) is 56.7 Å². The Morgan fingerprint density at radius 3 is 1.22 bits per heavy atom. The van der Waals surface area contributed by atoms with Crippen molar-refractivity contribution in [2.24, 2.45) is 20.8 Å². The molecule has 2 aliphatic rings. The van der Waals surface area contributed by atoms with Gasteiger partial charge in [-0.3, -0.25) is 38.7 Å². The molecule has 22 heteroatoms. The SMILES string of the molecule is CNc1cccc(NC(=O)N[C@@H]2N=C(c3ccccn3)c3ccccc3N(CC(=O)C(C)(C)COC(C)=O)C2=O)c1.CNc1cccc(NC(=O)N[C@H]2N=C(c3ccccn3)c3ccccc3N(CC(=O)C(C)(C)COC(C)=O)C2=O)c1. The number of pyridine rings is 2. The first-order valence-corrected chi connectivity index (χ1v) is 26.0. The van der Waals surface area contributed by atoms with Gasteiger partial charge < -0.3 is 51.2 Å². The van der Waals surface area contributed by atoms with E-state index in [1.165, 1.54) is 23.6 Å². The molecule has 0 saturated carbocycles. The minimum absolute atomic E-state index is 0.143. The number of para-hydroxylation sites is 2. The molecule has 0 fully saturated rings. The highest BCUT2D eigenvalue weighted by Crippen LogP contribution is 2.32. The van der Waals surface area contributed by atoms with E-state index < -0.39 is 59.0 Å². The number of rotatable bonds is 18. The Balaban J connectivity index is 0.000000236. The number of carbonyl (C=O) groups is 8. The van der Waals surface area contributed by atoms with Gasteiger partial charge in [-0.2, -0.15) is 0 Å². The molecule has 4 aromatic carbocycles. The van der Waals surface area contributed by atoms with E-state index in [1.807, 2.05) is 12.1 Å². The van der Waals surface area contributed by atoms with Gasteiger partial charge in [0, 0.05) is 74.2 Å². The number of esters is 2. The zero-order valence-corrected chi connectivity index (χ0v) is 46.6. The number of aromatic nitrogens is 2. The highest BCUT2D eigenvalue weighted by molar-refractivity contribution is 6.21. The predicted octanol–water partition coefficient (Wildman–Crippen LogP) is 7.23. The molecule has 0 spiro atoms. The third-order valence-corrected chi connectivity index (χ3v) is 13.0. The molecule has 2 atom stereocenters. The number of fused-ring (bicyclic) bond motifs is 2. The van der Waals surface area contributed by atoms with E-state index in [9.17, 15) is 38.4 Å². The maximum atomic E-state index is 14.0. The van der Waals surface area contributed by atoms with Crippen LogP contribution >= 0.6 is 0 Å². The Hall–Kier alpha value is -10.1. The zero-order valence-electron chi connectivity index (χ0n) is 46.6. The number of carbonyl (C=O) groups excluding carboxylic acids is 8. The molecule has 6 aromatic rings. The second-order valence-corrected chi connectivity index (χ2v) is 20.1. The molecule has 0 bridgehead atoms. The summed E-state index contributed by atoms with van der Waals surface area (Å²) in [5.74, 6) is -2.92. The molecule has 8 rings (SSSR count). The van der Waals surface area contributed by atoms with Gasteiger partial charge in [0.1, 0.15) is 13.2 Å². The van der Waals surface area contributed by atoms with Crippen molar-refractivity contribution in [1.82, 2.24) is 20.6 Å². The molecule has 2 aromatic heterocycles. The van der Waals surface area contributed by atoms with Crippen molar-refractivity contribution in [2.45, 2.75) is 53.9 Å². The fraction of sp³-hybridized carbons (Fsp3) is 0.267. The summed E-state index contributed by atoms with van der Waals surface area (Å²) in [6, 6.07) is 37.5. The van der Waals surface area contributed by atoms with Crippen LogP contribution in [0, 0.1) is 10.8 Å². The molecule has 82 heavy (non-hydrogen) atoms. The summed E-state index contributed by atoms with van der Waals surface area (Å²) < 4.78 is 10.2. The number of nitrogens with one attached hydrogen (secondary N) is 6. The van der Waals surface area contributed by atoms with Crippen LogP contribution in [-0.4, -0.2) is 122 Å². The van der Waals surface area contributed by atoms with Gasteiger partial charge in [0.15, 0.2) is 11.6 Å². The highest BCUT2D eigenvalue weighted by atomic mass is 16.5. The molecule has 0 aliphatic carbocycles. The Bertz CT molecular complexity index is 3200. The average molecular weight is 1110 g/mol. The van der Waals surface area contributed by atoms with Gasteiger partial charge in [-0.15, -0.1) is 0 Å². The number of hydrogen-bond donors (Lipinski definition) is 6.